The molecular formula is C22H18Cl2FNO4. The molecule has 0 aliphatic heterocycles. The van der Waals surface area contributed by atoms with Crippen LogP contribution in [0.25, 0.3) is 0 Å². The minimum Gasteiger partial charge on any atom is -0.493 e. The molecule has 0 amide bonds. The van der Waals surface area contributed by atoms with Crippen LogP contribution in [0, 0.1) is 5.82 Å². The van der Waals surface area contributed by atoms with E-state index < -0.39 is 11.8 Å². The summed E-state index contributed by atoms with van der Waals surface area (Å²) in [6, 6.07) is 14.2. The van der Waals surface area contributed by atoms with Gasteiger partial charge in [0.15, 0.2) is 11.5 Å². The molecule has 156 valence electrons. The number of hydrogen-bond acceptors (Lipinski definition) is 4. The second-order valence-electron chi connectivity index (χ2n) is 6.33. The number of methoxy groups -OCH3 is 1. The average Bonchev–Trinajstić information content (AvgIpc) is 2.72. The standard InChI is InChI=1S/C22H18Cl2FNO4/c1-29-20-4-2-3-13(11-26-16-7-8-18(23)17(10-16)22(27)28)21(20)30-12-14-5-6-15(25)9-19(14)24/h2-10,26H,11-12H2,1H3,(H,27,28). The maximum atomic E-state index is 13.3. The molecule has 0 bridgehead atoms. The van der Waals surface area contributed by atoms with Crippen molar-refractivity contribution < 1.29 is 23.8 Å². The molecule has 3 aromatic rings. The van der Waals surface area contributed by atoms with Crippen molar-refractivity contribution in [1.82, 2.24) is 0 Å². The van der Waals surface area contributed by atoms with Gasteiger partial charge in [-0.1, -0.05) is 41.4 Å². The summed E-state index contributed by atoms with van der Waals surface area (Å²) >= 11 is 12.0. The highest BCUT2D eigenvalue weighted by Gasteiger charge is 2.14. The van der Waals surface area contributed by atoms with E-state index in [2.05, 4.69) is 5.32 Å². The van der Waals surface area contributed by atoms with Gasteiger partial charge in [0.1, 0.15) is 12.4 Å². The van der Waals surface area contributed by atoms with Gasteiger partial charge < -0.3 is 19.9 Å². The summed E-state index contributed by atoms with van der Waals surface area (Å²) in [5.41, 5.74) is 2.01. The monoisotopic (exact) mass is 449 g/mol. The predicted molar refractivity (Wildman–Crippen MR) is 114 cm³/mol. The van der Waals surface area contributed by atoms with Crippen LogP contribution in [0.3, 0.4) is 0 Å². The lowest BCUT2D eigenvalue weighted by Crippen LogP contribution is -2.06. The maximum Gasteiger partial charge on any atom is 0.337 e. The van der Waals surface area contributed by atoms with Gasteiger partial charge in [-0.3, -0.25) is 0 Å². The van der Waals surface area contributed by atoms with Crippen LogP contribution < -0.4 is 14.8 Å². The molecule has 0 radical (unpaired) electrons. The number of benzene rings is 3. The van der Waals surface area contributed by atoms with Crippen LogP contribution in [-0.2, 0) is 13.2 Å². The number of aromatic carboxylic acids is 1. The number of carboxylic acids is 1. The largest absolute Gasteiger partial charge is 0.493 e. The molecule has 8 heteroatoms. The van der Waals surface area contributed by atoms with Crippen molar-refractivity contribution in [2.45, 2.75) is 13.2 Å². The third-order valence-corrected chi connectivity index (χ3v) is 5.03. The first-order valence-electron chi connectivity index (χ1n) is 8.88. The predicted octanol–water partition coefficient (Wildman–Crippen LogP) is 6.03. The maximum absolute atomic E-state index is 13.3. The van der Waals surface area contributed by atoms with E-state index in [9.17, 15) is 14.3 Å². The second kappa shape index (κ2) is 9.69. The van der Waals surface area contributed by atoms with Crippen molar-refractivity contribution in [2.75, 3.05) is 12.4 Å². The number of hydrogen-bond donors (Lipinski definition) is 2. The molecule has 0 saturated carbocycles. The first-order valence-corrected chi connectivity index (χ1v) is 9.64. The molecule has 0 spiro atoms. The molecule has 2 N–H and O–H groups in total. The van der Waals surface area contributed by atoms with Gasteiger partial charge in [-0.05, 0) is 36.4 Å². The van der Waals surface area contributed by atoms with Crippen molar-refractivity contribution in [2.24, 2.45) is 0 Å². The van der Waals surface area contributed by atoms with E-state index in [1.807, 2.05) is 12.1 Å². The Balaban J connectivity index is 1.80. The summed E-state index contributed by atoms with van der Waals surface area (Å²) in [6.45, 7) is 0.459. The number of carbonyl (C=O) groups is 1. The number of ether oxygens (including phenoxy) is 2. The molecule has 0 aromatic heterocycles. The smallest absolute Gasteiger partial charge is 0.337 e. The highest BCUT2D eigenvalue weighted by atomic mass is 35.5. The molecule has 0 atom stereocenters. The lowest BCUT2D eigenvalue weighted by Gasteiger charge is -2.17. The second-order valence-corrected chi connectivity index (χ2v) is 7.14. The van der Waals surface area contributed by atoms with E-state index >= 15 is 0 Å². The highest BCUT2D eigenvalue weighted by Crippen LogP contribution is 2.33. The van der Waals surface area contributed by atoms with Crippen molar-refractivity contribution >= 4 is 34.9 Å². The van der Waals surface area contributed by atoms with E-state index in [1.165, 1.54) is 31.4 Å². The first kappa shape index (κ1) is 21.7. The third kappa shape index (κ3) is 5.14. The molecule has 0 unspecified atom stereocenters. The van der Waals surface area contributed by atoms with Crippen molar-refractivity contribution in [3.05, 3.63) is 87.2 Å². The number of rotatable bonds is 8. The minimum absolute atomic E-state index is 0.00901. The lowest BCUT2D eigenvalue weighted by atomic mass is 10.1. The molecule has 3 aromatic carbocycles. The normalized spacial score (nSPS) is 10.5. The quantitative estimate of drug-likeness (QED) is 0.439. The average molecular weight is 450 g/mol. The molecule has 0 saturated heterocycles. The van der Waals surface area contributed by atoms with Gasteiger partial charge in [-0.15, -0.1) is 0 Å². The molecule has 5 nitrogen and oxygen atoms in total. The lowest BCUT2D eigenvalue weighted by molar-refractivity contribution is 0.0697. The molecule has 0 aliphatic carbocycles. The van der Waals surface area contributed by atoms with E-state index in [-0.39, 0.29) is 22.2 Å². The summed E-state index contributed by atoms with van der Waals surface area (Å²) in [5.74, 6) is -0.505. The van der Waals surface area contributed by atoms with Gasteiger partial charge in [0.05, 0.1) is 22.7 Å². The van der Waals surface area contributed by atoms with Gasteiger partial charge in [0.2, 0.25) is 0 Å². The van der Waals surface area contributed by atoms with E-state index in [1.54, 1.807) is 18.2 Å². The number of halogens is 3. The van der Waals surface area contributed by atoms with Crippen molar-refractivity contribution in [1.29, 1.82) is 0 Å². The SMILES string of the molecule is COc1cccc(CNc2ccc(Cl)c(C(=O)O)c2)c1OCc1ccc(F)cc1Cl. The number of para-hydroxylation sites is 1. The summed E-state index contributed by atoms with van der Waals surface area (Å²) in [4.78, 5) is 11.3. The third-order valence-electron chi connectivity index (χ3n) is 4.35. The van der Waals surface area contributed by atoms with Gasteiger partial charge in [-0.25, -0.2) is 9.18 Å². The van der Waals surface area contributed by atoms with Gasteiger partial charge in [-0.2, -0.15) is 0 Å². The summed E-state index contributed by atoms with van der Waals surface area (Å²) < 4.78 is 24.6. The molecule has 0 aliphatic rings. The fraction of sp³-hybridized carbons (Fsp3) is 0.136. The van der Waals surface area contributed by atoms with E-state index in [0.29, 0.717) is 29.3 Å². The Bertz CT molecular complexity index is 1070. The number of nitrogens with one attached hydrogen (secondary N) is 1. The van der Waals surface area contributed by atoms with Crippen LogP contribution >= 0.6 is 23.2 Å². The van der Waals surface area contributed by atoms with E-state index in [0.717, 1.165) is 5.56 Å². The molecular weight excluding hydrogens is 432 g/mol. The summed E-state index contributed by atoms with van der Waals surface area (Å²) in [6.07, 6.45) is 0. The number of anilines is 1. The Kier molecular flexibility index (Phi) is 7.03. The fourth-order valence-corrected chi connectivity index (χ4v) is 3.23. The van der Waals surface area contributed by atoms with Gasteiger partial charge >= 0.3 is 5.97 Å². The van der Waals surface area contributed by atoms with Crippen LogP contribution in [0.1, 0.15) is 21.5 Å². The molecule has 30 heavy (non-hydrogen) atoms. The topological polar surface area (TPSA) is 67.8 Å². The Morgan fingerprint density at radius 1 is 1.07 bits per heavy atom. The van der Waals surface area contributed by atoms with Crippen LogP contribution in [0.15, 0.2) is 54.6 Å². The Morgan fingerprint density at radius 3 is 2.57 bits per heavy atom. The van der Waals surface area contributed by atoms with Crippen LogP contribution in [0.5, 0.6) is 11.5 Å². The molecule has 0 fully saturated rings. The molecule has 0 heterocycles. The molecule has 3 rings (SSSR count). The summed E-state index contributed by atoms with van der Waals surface area (Å²) in [5, 5.41) is 12.8. The Morgan fingerprint density at radius 2 is 1.87 bits per heavy atom. The summed E-state index contributed by atoms with van der Waals surface area (Å²) in [7, 11) is 1.53. The Hall–Kier alpha value is -2.96. The van der Waals surface area contributed by atoms with Gasteiger partial charge in [0, 0.05) is 23.4 Å². The zero-order valence-electron chi connectivity index (χ0n) is 15.9. The zero-order chi connectivity index (χ0) is 21.7. The first-order chi connectivity index (χ1) is 14.4. The van der Waals surface area contributed by atoms with Crippen LogP contribution in [0.2, 0.25) is 10.0 Å². The van der Waals surface area contributed by atoms with E-state index in [4.69, 9.17) is 32.7 Å². The minimum atomic E-state index is -1.11. The van der Waals surface area contributed by atoms with Crippen molar-refractivity contribution in [3.63, 3.8) is 0 Å². The highest BCUT2D eigenvalue weighted by molar-refractivity contribution is 6.33. The number of carboxylic acid groups (broad SMARTS) is 1. The van der Waals surface area contributed by atoms with Gasteiger partial charge in [0.25, 0.3) is 0 Å². The van der Waals surface area contributed by atoms with Crippen molar-refractivity contribution in [3.8, 4) is 11.5 Å². The Labute approximate surface area is 183 Å². The van der Waals surface area contributed by atoms with Crippen LogP contribution in [-0.4, -0.2) is 18.2 Å². The fourth-order valence-electron chi connectivity index (χ4n) is 2.81. The van der Waals surface area contributed by atoms with Crippen LogP contribution in [0.4, 0.5) is 10.1 Å². The zero-order valence-corrected chi connectivity index (χ0v) is 17.4.